The van der Waals surface area contributed by atoms with Crippen molar-refractivity contribution in [2.45, 2.75) is 83.7 Å². The third kappa shape index (κ3) is 6.82. The molecule has 106 valence electrons. The molecule has 0 bridgehead atoms. The quantitative estimate of drug-likeness (QED) is 0.552. The average molecular weight is 257 g/mol. The van der Waals surface area contributed by atoms with Crippen LogP contribution in [0.25, 0.3) is 0 Å². The molecule has 0 heterocycles. The van der Waals surface area contributed by atoms with Crippen LogP contribution in [-0.2, 0) is 4.84 Å². The lowest BCUT2D eigenvalue weighted by Crippen LogP contribution is -2.18. The van der Waals surface area contributed by atoms with E-state index in [1.54, 1.807) is 0 Å². The number of hydrogen-bond acceptors (Lipinski definition) is 3. The highest BCUT2D eigenvalue weighted by Crippen LogP contribution is 2.24. The summed E-state index contributed by atoms with van der Waals surface area (Å²) in [5, 5.41) is 9.86. The average Bonchev–Trinajstić information content (AvgIpc) is 2.32. The highest BCUT2D eigenvalue weighted by Gasteiger charge is 2.16. The SMILES string of the molecule is CCC1CCCCCCCCC(O[N+](=O)[O-])CC1. The van der Waals surface area contributed by atoms with Gasteiger partial charge < -0.3 is 4.84 Å². The molecule has 1 aliphatic rings. The number of rotatable bonds is 3. The van der Waals surface area contributed by atoms with Crippen molar-refractivity contribution in [3.63, 3.8) is 0 Å². The largest absolute Gasteiger partial charge is 0.311 e. The predicted molar refractivity (Wildman–Crippen MR) is 71.8 cm³/mol. The Labute approximate surface area is 110 Å². The van der Waals surface area contributed by atoms with Crippen molar-refractivity contribution in [1.82, 2.24) is 0 Å². The van der Waals surface area contributed by atoms with E-state index in [9.17, 15) is 10.1 Å². The smallest absolute Gasteiger partial charge is 0.294 e. The van der Waals surface area contributed by atoms with Crippen LogP contribution in [0.2, 0.25) is 0 Å². The molecule has 1 fully saturated rings. The van der Waals surface area contributed by atoms with Crippen molar-refractivity contribution in [2.75, 3.05) is 0 Å². The first-order chi connectivity index (χ1) is 8.72. The van der Waals surface area contributed by atoms with E-state index in [1.165, 1.54) is 44.9 Å². The second-order valence-electron chi connectivity index (χ2n) is 5.50. The van der Waals surface area contributed by atoms with Crippen molar-refractivity contribution in [3.05, 3.63) is 10.1 Å². The molecule has 0 saturated heterocycles. The Morgan fingerprint density at radius 3 is 2.22 bits per heavy atom. The summed E-state index contributed by atoms with van der Waals surface area (Å²) < 4.78 is 0. The maximum absolute atomic E-state index is 10.5. The molecule has 4 heteroatoms. The Balaban J connectivity index is 2.43. The zero-order valence-electron chi connectivity index (χ0n) is 11.6. The molecule has 0 N–H and O–H groups in total. The Kier molecular flexibility index (Phi) is 7.78. The maximum atomic E-state index is 10.5. The molecule has 0 aromatic carbocycles. The Morgan fingerprint density at radius 1 is 1.00 bits per heavy atom. The summed E-state index contributed by atoms with van der Waals surface area (Å²) in [4.78, 5) is 15.3. The molecule has 2 atom stereocenters. The summed E-state index contributed by atoms with van der Waals surface area (Å²) in [6.07, 6.45) is 12.6. The molecule has 0 amide bonds. The standard InChI is InChI=1S/C14H27NO3/c1-2-13-9-7-5-3-4-6-8-10-14(12-11-13)18-15(16)17/h13-14H,2-12H2,1H3. The molecule has 0 radical (unpaired) electrons. The lowest BCUT2D eigenvalue weighted by atomic mass is 9.90. The highest BCUT2D eigenvalue weighted by molar-refractivity contribution is 4.65. The summed E-state index contributed by atoms with van der Waals surface area (Å²) in [6.45, 7) is 2.22. The first-order valence-electron chi connectivity index (χ1n) is 7.53. The van der Waals surface area contributed by atoms with Crippen molar-refractivity contribution in [1.29, 1.82) is 0 Å². The van der Waals surface area contributed by atoms with E-state index in [0.717, 1.165) is 31.6 Å². The van der Waals surface area contributed by atoms with Crippen molar-refractivity contribution >= 4 is 0 Å². The topological polar surface area (TPSA) is 52.4 Å². The van der Waals surface area contributed by atoms with Gasteiger partial charge in [-0.2, -0.15) is 0 Å². The maximum Gasteiger partial charge on any atom is 0.294 e. The molecule has 1 aliphatic carbocycles. The van der Waals surface area contributed by atoms with Crippen LogP contribution in [-0.4, -0.2) is 11.2 Å². The van der Waals surface area contributed by atoms with Crippen LogP contribution in [0.5, 0.6) is 0 Å². The van der Waals surface area contributed by atoms with Gasteiger partial charge in [-0.05, 0) is 25.2 Å². The highest BCUT2D eigenvalue weighted by atomic mass is 17.0. The predicted octanol–water partition coefficient (Wildman–Crippen LogP) is 4.50. The van der Waals surface area contributed by atoms with Gasteiger partial charge in [-0.3, -0.25) is 0 Å². The van der Waals surface area contributed by atoms with Gasteiger partial charge in [0.05, 0.1) is 0 Å². The summed E-state index contributed by atoms with van der Waals surface area (Å²) in [5.41, 5.74) is 0. The minimum absolute atomic E-state index is 0.173. The van der Waals surface area contributed by atoms with Gasteiger partial charge >= 0.3 is 0 Å². The molecule has 18 heavy (non-hydrogen) atoms. The van der Waals surface area contributed by atoms with Crippen molar-refractivity contribution in [2.24, 2.45) is 5.92 Å². The second-order valence-corrected chi connectivity index (χ2v) is 5.50. The Bertz CT molecular complexity index is 233. The molecule has 1 rings (SSSR count). The van der Waals surface area contributed by atoms with Crippen molar-refractivity contribution < 1.29 is 9.92 Å². The van der Waals surface area contributed by atoms with E-state index >= 15 is 0 Å². The Morgan fingerprint density at radius 2 is 1.61 bits per heavy atom. The van der Waals surface area contributed by atoms with Crippen molar-refractivity contribution in [3.8, 4) is 0 Å². The normalized spacial score (nSPS) is 27.8. The molecule has 1 saturated carbocycles. The van der Waals surface area contributed by atoms with Crippen LogP contribution < -0.4 is 0 Å². The summed E-state index contributed by atoms with van der Waals surface area (Å²) >= 11 is 0. The molecule has 4 nitrogen and oxygen atoms in total. The third-order valence-electron chi connectivity index (χ3n) is 4.10. The molecule has 0 spiro atoms. The van der Waals surface area contributed by atoms with Crippen LogP contribution in [0.15, 0.2) is 0 Å². The van der Waals surface area contributed by atoms with E-state index in [0.29, 0.717) is 0 Å². The Hall–Kier alpha value is -0.800. The zero-order valence-corrected chi connectivity index (χ0v) is 11.6. The minimum Gasteiger partial charge on any atom is -0.311 e. The van der Waals surface area contributed by atoms with Gasteiger partial charge in [0.25, 0.3) is 5.09 Å². The van der Waals surface area contributed by atoms with E-state index < -0.39 is 5.09 Å². The van der Waals surface area contributed by atoms with Gasteiger partial charge in [0.2, 0.25) is 0 Å². The minimum atomic E-state index is -0.614. The second kappa shape index (κ2) is 9.17. The lowest BCUT2D eigenvalue weighted by Gasteiger charge is -2.20. The molecular weight excluding hydrogens is 230 g/mol. The fourth-order valence-corrected chi connectivity index (χ4v) is 2.86. The molecular formula is C14H27NO3. The zero-order chi connectivity index (χ0) is 13.2. The van der Waals surface area contributed by atoms with Crippen LogP contribution >= 0.6 is 0 Å². The molecule has 0 aromatic heterocycles. The molecule has 0 aromatic rings. The fraction of sp³-hybridized carbons (Fsp3) is 1.00. The number of nitrogens with zero attached hydrogens (tertiary/aromatic N) is 1. The van der Waals surface area contributed by atoms with Gasteiger partial charge in [0.15, 0.2) is 0 Å². The van der Waals surface area contributed by atoms with Crippen LogP contribution in [0, 0.1) is 16.0 Å². The van der Waals surface area contributed by atoms with Gasteiger partial charge in [-0.25, -0.2) is 0 Å². The first-order valence-corrected chi connectivity index (χ1v) is 7.53. The van der Waals surface area contributed by atoms with E-state index in [1.807, 2.05) is 0 Å². The van der Waals surface area contributed by atoms with Gasteiger partial charge in [0.1, 0.15) is 6.10 Å². The van der Waals surface area contributed by atoms with Crippen LogP contribution in [0.3, 0.4) is 0 Å². The fourth-order valence-electron chi connectivity index (χ4n) is 2.86. The number of hydrogen-bond donors (Lipinski definition) is 0. The molecule has 2 unspecified atom stereocenters. The summed E-state index contributed by atoms with van der Waals surface area (Å²) in [7, 11) is 0. The van der Waals surface area contributed by atoms with Crippen LogP contribution in [0.1, 0.15) is 77.6 Å². The lowest BCUT2D eigenvalue weighted by molar-refractivity contribution is -0.769. The van der Waals surface area contributed by atoms with E-state index in [4.69, 9.17) is 4.84 Å². The van der Waals surface area contributed by atoms with Gasteiger partial charge in [0, 0.05) is 0 Å². The first kappa shape index (κ1) is 15.3. The van der Waals surface area contributed by atoms with E-state index in [2.05, 4.69) is 6.92 Å². The summed E-state index contributed by atoms with van der Waals surface area (Å²) in [6, 6.07) is 0. The van der Waals surface area contributed by atoms with Gasteiger partial charge in [-0.15, -0.1) is 10.1 Å². The monoisotopic (exact) mass is 257 g/mol. The third-order valence-corrected chi connectivity index (χ3v) is 4.10. The van der Waals surface area contributed by atoms with Crippen LogP contribution in [0.4, 0.5) is 0 Å². The molecule has 0 aliphatic heterocycles. The van der Waals surface area contributed by atoms with E-state index in [-0.39, 0.29) is 6.10 Å². The van der Waals surface area contributed by atoms with Gasteiger partial charge in [-0.1, -0.05) is 58.3 Å². The summed E-state index contributed by atoms with van der Waals surface area (Å²) in [5.74, 6) is 0.724.